The highest BCUT2D eigenvalue weighted by molar-refractivity contribution is 6.30. The third kappa shape index (κ3) is 9.05. The lowest BCUT2D eigenvalue weighted by Crippen LogP contribution is -2.24. The summed E-state index contributed by atoms with van der Waals surface area (Å²) in [7, 11) is 0. The van der Waals surface area contributed by atoms with E-state index in [1.165, 1.54) is 17.6 Å². The second-order valence-corrected chi connectivity index (χ2v) is 15.6. The number of carbonyl (C=O) groups excluding carboxylic acids is 2. The van der Waals surface area contributed by atoms with E-state index in [4.69, 9.17) is 16.3 Å². The molecule has 1 amide bonds. The third-order valence-electron chi connectivity index (χ3n) is 9.32. The highest BCUT2D eigenvalue weighted by atomic mass is 35.5. The molecule has 4 aromatic rings. The molecular formula is C43H48ClNO3. The van der Waals surface area contributed by atoms with Gasteiger partial charge in [0.1, 0.15) is 5.60 Å². The van der Waals surface area contributed by atoms with Crippen molar-refractivity contribution in [3.63, 3.8) is 0 Å². The number of benzene rings is 4. The molecule has 0 aliphatic heterocycles. The van der Waals surface area contributed by atoms with Gasteiger partial charge in [0.05, 0.1) is 11.5 Å². The first-order valence-corrected chi connectivity index (χ1v) is 17.3. The van der Waals surface area contributed by atoms with Crippen LogP contribution >= 0.6 is 11.6 Å². The summed E-state index contributed by atoms with van der Waals surface area (Å²) in [5, 5.41) is 3.88. The van der Waals surface area contributed by atoms with Crippen LogP contribution in [0.15, 0.2) is 97.1 Å². The number of hydrogen-bond acceptors (Lipinski definition) is 3. The summed E-state index contributed by atoms with van der Waals surface area (Å²) in [5.41, 5.74) is 8.74. The van der Waals surface area contributed by atoms with Gasteiger partial charge >= 0.3 is 5.97 Å². The number of ether oxygens (including phenoxy) is 1. The molecule has 0 spiro atoms. The Morgan fingerprint density at radius 2 is 1.50 bits per heavy atom. The Hall–Kier alpha value is -4.15. The molecule has 4 nitrogen and oxygen atoms in total. The quantitative estimate of drug-likeness (QED) is 0.191. The number of aryl methyl sites for hydroxylation is 1. The van der Waals surface area contributed by atoms with Crippen molar-refractivity contribution in [2.45, 2.75) is 85.7 Å². The molecule has 0 fully saturated rings. The average molecular weight is 662 g/mol. The highest BCUT2D eigenvalue weighted by Crippen LogP contribution is 2.40. The minimum Gasteiger partial charge on any atom is -0.456 e. The zero-order valence-corrected chi connectivity index (χ0v) is 30.1. The number of rotatable bonds is 8. The summed E-state index contributed by atoms with van der Waals surface area (Å²) in [6.07, 6.45) is 6.25. The molecule has 5 rings (SSSR count). The zero-order chi connectivity index (χ0) is 34.6. The summed E-state index contributed by atoms with van der Waals surface area (Å²) in [5.74, 6) is -0.184. The van der Waals surface area contributed by atoms with E-state index in [1.54, 1.807) is 12.1 Å². The molecule has 250 valence electrons. The molecule has 0 saturated carbocycles. The number of anilines is 1. The normalized spacial score (nSPS) is 15.8. The monoisotopic (exact) mass is 661 g/mol. The van der Waals surface area contributed by atoms with Crippen LogP contribution in [0.1, 0.15) is 99.3 Å². The average Bonchev–Trinajstić information content (AvgIpc) is 3.03. The SMILES string of the molecule is Cc1cc(Cl)ccc1-c1ccc(NC(=O)C(Cc2ccc(C(=O)OC(C)(C)C)cc2)c2ccc(C3=CCC(C(C)(C)C)CC3)cc2)cc1. The summed E-state index contributed by atoms with van der Waals surface area (Å²) >= 11 is 6.17. The van der Waals surface area contributed by atoms with E-state index >= 15 is 0 Å². The fraction of sp³-hybridized carbons (Fsp3) is 0.349. The van der Waals surface area contributed by atoms with E-state index in [2.05, 4.69) is 56.4 Å². The number of halogens is 1. The first-order chi connectivity index (χ1) is 22.7. The maximum Gasteiger partial charge on any atom is 0.338 e. The molecule has 0 heterocycles. The van der Waals surface area contributed by atoms with E-state index in [1.807, 2.05) is 82.3 Å². The lowest BCUT2D eigenvalue weighted by molar-refractivity contribution is -0.117. The van der Waals surface area contributed by atoms with Crippen molar-refractivity contribution in [2.24, 2.45) is 11.3 Å². The van der Waals surface area contributed by atoms with Crippen LogP contribution in [0.4, 0.5) is 5.69 Å². The van der Waals surface area contributed by atoms with Crippen LogP contribution in [0.5, 0.6) is 0 Å². The number of amides is 1. The van der Waals surface area contributed by atoms with Crippen LogP contribution in [-0.2, 0) is 16.0 Å². The molecule has 1 N–H and O–H groups in total. The number of esters is 1. The first-order valence-electron chi connectivity index (χ1n) is 17.0. The van der Waals surface area contributed by atoms with Gasteiger partial charge in [0, 0.05) is 10.7 Å². The van der Waals surface area contributed by atoms with Crippen LogP contribution < -0.4 is 5.32 Å². The fourth-order valence-electron chi connectivity index (χ4n) is 6.44. The molecule has 1 aliphatic carbocycles. The standard InChI is InChI=1S/C43H48ClNO3/c1-28-26-36(44)22-25-38(28)32-18-23-37(24-19-32)45-40(46)39(27-29-8-10-34(11-9-29)41(47)48-43(5,6)7)33-14-12-30(13-15-33)31-16-20-35(21-17-31)42(2,3)4/h8-16,18-19,22-26,35,39H,17,20-21,27H2,1-7H3,(H,45,46). The van der Waals surface area contributed by atoms with Crippen molar-refractivity contribution in [3.05, 3.63) is 130 Å². The maximum atomic E-state index is 14.0. The van der Waals surface area contributed by atoms with Crippen molar-refractivity contribution >= 4 is 34.7 Å². The van der Waals surface area contributed by atoms with Crippen molar-refractivity contribution in [3.8, 4) is 11.1 Å². The number of hydrogen-bond donors (Lipinski definition) is 1. The van der Waals surface area contributed by atoms with Gasteiger partial charge in [-0.2, -0.15) is 0 Å². The Labute approximate surface area is 291 Å². The van der Waals surface area contributed by atoms with Crippen LogP contribution in [0.2, 0.25) is 5.02 Å². The molecule has 0 radical (unpaired) electrons. The second kappa shape index (κ2) is 14.5. The van der Waals surface area contributed by atoms with E-state index in [0.717, 1.165) is 46.3 Å². The van der Waals surface area contributed by atoms with E-state index < -0.39 is 11.5 Å². The Balaban J connectivity index is 1.37. The van der Waals surface area contributed by atoms with Gasteiger partial charge in [-0.05, 0) is 140 Å². The topological polar surface area (TPSA) is 55.4 Å². The molecule has 0 bridgehead atoms. The Morgan fingerprint density at radius 1 is 0.854 bits per heavy atom. The van der Waals surface area contributed by atoms with Gasteiger partial charge in [-0.25, -0.2) is 4.79 Å². The third-order valence-corrected chi connectivity index (χ3v) is 9.55. The van der Waals surface area contributed by atoms with Gasteiger partial charge < -0.3 is 10.1 Å². The number of carbonyl (C=O) groups is 2. The van der Waals surface area contributed by atoms with Crippen molar-refractivity contribution in [2.75, 3.05) is 5.32 Å². The van der Waals surface area contributed by atoms with E-state index in [0.29, 0.717) is 28.3 Å². The molecule has 0 saturated heterocycles. The molecular weight excluding hydrogens is 614 g/mol. The minimum absolute atomic E-state index is 0.0840. The second-order valence-electron chi connectivity index (χ2n) is 15.2. The van der Waals surface area contributed by atoms with Crippen LogP contribution in [0.25, 0.3) is 16.7 Å². The fourth-order valence-corrected chi connectivity index (χ4v) is 6.66. The Bertz CT molecular complexity index is 1770. The summed E-state index contributed by atoms with van der Waals surface area (Å²) in [6.45, 7) is 14.6. The molecule has 48 heavy (non-hydrogen) atoms. The number of allylic oxidation sites excluding steroid dienone is 2. The molecule has 5 heteroatoms. The van der Waals surface area contributed by atoms with Gasteiger partial charge in [0.15, 0.2) is 0 Å². The van der Waals surface area contributed by atoms with E-state index in [-0.39, 0.29) is 11.9 Å². The minimum atomic E-state index is -0.571. The first kappa shape index (κ1) is 35.2. The summed E-state index contributed by atoms with van der Waals surface area (Å²) in [4.78, 5) is 26.6. The van der Waals surface area contributed by atoms with Crippen molar-refractivity contribution in [1.29, 1.82) is 0 Å². The predicted octanol–water partition coefficient (Wildman–Crippen LogP) is 11.5. The van der Waals surface area contributed by atoms with Gasteiger partial charge in [-0.3, -0.25) is 4.79 Å². The smallest absolute Gasteiger partial charge is 0.338 e. The molecule has 1 aliphatic rings. The summed E-state index contributed by atoms with van der Waals surface area (Å²) in [6, 6.07) is 29.7. The largest absolute Gasteiger partial charge is 0.456 e. The predicted molar refractivity (Wildman–Crippen MR) is 200 cm³/mol. The van der Waals surface area contributed by atoms with Crippen LogP contribution in [0, 0.1) is 18.3 Å². The molecule has 0 aromatic heterocycles. The number of nitrogens with one attached hydrogen (secondary N) is 1. The molecule has 4 aromatic carbocycles. The Morgan fingerprint density at radius 3 is 2.06 bits per heavy atom. The maximum absolute atomic E-state index is 14.0. The van der Waals surface area contributed by atoms with Crippen molar-refractivity contribution < 1.29 is 14.3 Å². The highest BCUT2D eigenvalue weighted by Gasteiger charge is 2.27. The lowest BCUT2D eigenvalue weighted by Gasteiger charge is -2.33. The molecule has 2 unspecified atom stereocenters. The van der Waals surface area contributed by atoms with Crippen LogP contribution in [0.3, 0.4) is 0 Å². The van der Waals surface area contributed by atoms with Crippen molar-refractivity contribution in [1.82, 2.24) is 0 Å². The van der Waals surface area contributed by atoms with Gasteiger partial charge in [-0.15, -0.1) is 0 Å². The Kier molecular flexibility index (Phi) is 10.7. The van der Waals surface area contributed by atoms with Gasteiger partial charge in [-0.1, -0.05) is 93.0 Å². The zero-order valence-electron chi connectivity index (χ0n) is 29.3. The van der Waals surface area contributed by atoms with Gasteiger partial charge in [0.25, 0.3) is 0 Å². The van der Waals surface area contributed by atoms with Gasteiger partial charge in [0.2, 0.25) is 5.91 Å². The molecule has 2 atom stereocenters. The summed E-state index contributed by atoms with van der Waals surface area (Å²) < 4.78 is 5.54. The lowest BCUT2D eigenvalue weighted by atomic mass is 9.72. The van der Waals surface area contributed by atoms with E-state index in [9.17, 15) is 9.59 Å². The van der Waals surface area contributed by atoms with Crippen LogP contribution in [-0.4, -0.2) is 17.5 Å².